The summed E-state index contributed by atoms with van der Waals surface area (Å²) >= 11 is 0. The van der Waals surface area contributed by atoms with Gasteiger partial charge in [0.05, 0.1) is 18.4 Å². The lowest BCUT2D eigenvalue weighted by atomic mass is 10.2. The predicted octanol–water partition coefficient (Wildman–Crippen LogP) is 1.17. The highest BCUT2D eigenvalue weighted by Gasteiger charge is 2.12. The number of aliphatic carboxylic acids is 1. The van der Waals surface area contributed by atoms with Gasteiger partial charge in [-0.2, -0.15) is 0 Å². The Morgan fingerprint density at radius 2 is 1.65 bits per heavy atom. The second kappa shape index (κ2) is 6.26. The Morgan fingerprint density at radius 3 is 2.24 bits per heavy atom. The molecule has 17 heavy (non-hydrogen) atoms. The van der Waals surface area contributed by atoms with Crippen molar-refractivity contribution in [2.75, 3.05) is 0 Å². The topological polar surface area (TPSA) is 89.9 Å². The fraction of sp³-hybridized carbons (Fsp3) is 0.182. The van der Waals surface area contributed by atoms with E-state index in [0.29, 0.717) is 0 Å². The van der Waals surface area contributed by atoms with Crippen LogP contribution in [-0.2, 0) is 19.4 Å². The second-order valence-corrected chi connectivity index (χ2v) is 3.09. The Balaban J connectivity index is 2.34. The van der Waals surface area contributed by atoms with Crippen LogP contribution in [0, 0.1) is 0 Å². The minimum absolute atomic E-state index is 0.235. The Labute approximate surface area is 96.7 Å². The molecule has 0 aliphatic heterocycles. The van der Waals surface area contributed by atoms with Gasteiger partial charge in [-0.1, -0.05) is 18.2 Å². The first-order valence-corrected chi connectivity index (χ1v) is 4.78. The smallest absolute Gasteiger partial charge is 0.386 e. The maximum atomic E-state index is 11.3. The first-order valence-electron chi connectivity index (χ1n) is 4.78. The zero-order valence-corrected chi connectivity index (χ0v) is 8.79. The van der Waals surface area contributed by atoms with E-state index in [0.717, 1.165) is 0 Å². The molecule has 0 heterocycles. The zero-order valence-electron chi connectivity index (χ0n) is 8.79. The van der Waals surface area contributed by atoms with E-state index in [-0.39, 0.29) is 18.4 Å². The predicted molar refractivity (Wildman–Crippen MR) is 54.8 cm³/mol. The fourth-order valence-electron chi connectivity index (χ4n) is 0.957. The number of rotatable bonds is 4. The molecule has 1 aromatic rings. The molecular weight excluding hydrogens is 228 g/mol. The van der Waals surface area contributed by atoms with Crippen molar-refractivity contribution in [2.24, 2.45) is 0 Å². The number of benzene rings is 1. The molecule has 0 fully saturated rings. The van der Waals surface area contributed by atoms with Crippen LogP contribution in [0.15, 0.2) is 30.3 Å². The maximum Gasteiger partial charge on any atom is 0.386 e. The summed E-state index contributed by atoms with van der Waals surface area (Å²) in [5.41, 5.74) is 0.235. The minimum Gasteiger partial charge on any atom is -0.481 e. The van der Waals surface area contributed by atoms with Crippen LogP contribution in [0.3, 0.4) is 0 Å². The van der Waals surface area contributed by atoms with Gasteiger partial charge in [0.2, 0.25) is 0 Å². The van der Waals surface area contributed by atoms with Crippen molar-refractivity contribution in [1.29, 1.82) is 0 Å². The first kappa shape index (κ1) is 12.7. The lowest BCUT2D eigenvalue weighted by Crippen LogP contribution is -2.12. The van der Waals surface area contributed by atoms with Crippen molar-refractivity contribution in [2.45, 2.75) is 12.8 Å². The van der Waals surface area contributed by atoms with E-state index in [2.05, 4.69) is 9.78 Å². The molecule has 0 amide bonds. The summed E-state index contributed by atoms with van der Waals surface area (Å²) in [4.78, 5) is 40.7. The van der Waals surface area contributed by atoms with Crippen molar-refractivity contribution in [3.05, 3.63) is 35.9 Å². The molecule has 6 heteroatoms. The van der Waals surface area contributed by atoms with Crippen molar-refractivity contribution in [3.63, 3.8) is 0 Å². The largest absolute Gasteiger partial charge is 0.481 e. The van der Waals surface area contributed by atoms with Gasteiger partial charge in [0, 0.05) is 0 Å². The minimum atomic E-state index is -1.13. The molecule has 0 aliphatic carbocycles. The zero-order chi connectivity index (χ0) is 12.7. The van der Waals surface area contributed by atoms with E-state index < -0.39 is 17.9 Å². The third kappa shape index (κ3) is 4.78. The van der Waals surface area contributed by atoms with Crippen molar-refractivity contribution < 1.29 is 29.3 Å². The average Bonchev–Trinajstić information content (AvgIpc) is 2.34. The molecule has 1 aromatic carbocycles. The van der Waals surface area contributed by atoms with Gasteiger partial charge >= 0.3 is 17.9 Å². The number of carboxylic acids is 1. The molecular formula is C11H10O6. The third-order valence-electron chi connectivity index (χ3n) is 1.76. The van der Waals surface area contributed by atoms with Crippen molar-refractivity contribution in [3.8, 4) is 0 Å². The Bertz CT molecular complexity index is 411. The van der Waals surface area contributed by atoms with E-state index in [1.54, 1.807) is 18.2 Å². The van der Waals surface area contributed by atoms with E-state index in [9.17, 15) is 14.4 Å². The number of carbonyl (C=O) groups is 3. The maximum absolute atomic E-state index is 11.3. The molecule has 0 atom stereocenters. The van der Waals surface area contributed by atoms with Crippen molar-refractivity contribution >= 4 is 17.9 Å². The molecule has 90 valence electrons. The van der Waals surface area contributed by atoms with E-state index in [4.69, 9.17) is 5.11 Å². The van der Waals surface area contributed by atoms with E-state index in [1.807, 2.05) is 0 Å². The summed E-state index contributed by atoms with van der Waals surface area (Å²) in [7, 11) is 0. The monoisotopic (exact) mass is 238 g/mol. The fourth-order valence-corrected chi connectivity index (χ4v) is 0.957. The molecule has 0 saturated carbocycles. The van der Waals surface area contributed by atoms with Crippen LogP contribution in [0.2, 0.25) is 0 Å². The van der Waals surface area contributed by atoms with Crippen LogP contribution in [0.25, 0.3) is 0 Å². The van der Waals surface area contributed by atoms with E-state index in [1.165, 1.54) is 12.1 Å². The highest BCUT2D eigenvalue weighted by molar-refractivity contribution is 5.89. The number of hydrogen-bond acceptors (Lipinski definition) is 5. The quantitative estimate of drug-likeness (QED) is 0.625. The summed E-state index contributed by atoms with van der Waals surface area (Å²) in [6, 6.07) is 7.96. The molecule has 0 aromatic heterocycles. The van der Waals surface area contributed by atoms with Gasteiger partial charge < -0.3 is 5.11 Å². The van der Waals surface area contributed by atoms with Gasteiger partial charge in [0.15, 0.2) is 0 Å². The summed E-state index contributed by atoms with van der Waals surface area (Å²) < 4.78 is 0. The molecule has 0 unspecified atom stereocenters. The summed E-state index contributed by atoms with van der Waals surface area (Å²) in [5.74, 6) is -2.85. The number of carbonyl (C=O) groups excluding carboxylic acids is 2. The van der Waals surface area contributed by atoms with Crippen LogP contribution in [0.1, 0.15) is 23.2 Å². The molecule has 1 N–H and O–H groups in total. The standard InChI is InChI=1S/C11H10O6/c12-9(13)6-7-10(14)16-17-11(15)8-4-2-1-3-5-8/h1-5H,6-7H2,(H,12,13). The number of carboxylic acid groups (broad SMARTS) is 1. The van der Waals surface area contributed by atoms with Gasteiger partial charge in [-0.25, -0.2) is 19.4 Å². The lowest BCUT2D eigenvalue weighted by molar-refractivity contribution is -0.234. The molecule has 0 aliphatic rings. The van der Waals surface area contributed by atoms with Gasteiger partial charge in [0.25, 0.3) is 0 Å². The van der Waals surface area contributed by atoms with Gasteiger partial charge in [-0.15, -0.1) is 0 Å². The molecule has 0 radical (unpaired) electrons. The van der Waals surface area contributed by atoms with Crippen LogP contribution >= 0.6 is 0 Å². The Hall–Kier alpha value is -2.37. The summed E-state index contributed by atoms with van der Waals surface area (Å²) in [6.45, 7) is 0. The average molecular weight is 238 g/mol. The highest BCUT2D eigenvalue weighted by Crippen LogP contribution is 2.02. The van der Waals surface area contributed by atoms with Crippen molar-refractivity contribution in [1.82, 2.24) is 0 Å². The van der Waals surface area contributed by atoms with Crippen LogP contribution < -0.4 is 0 Å². The van der Waals surface area contributed by atoms with Gasteiger partial charge in [0.1, 0.15) is 0 Å². The number of hydrogen-bond donors (Lipinski definition) is 1. The SMILES string of the molecule is O=C(O)CCC(=O)OOC(=O)c1ccccc1. The van der Waals surface area contributed by atoms with Gasteiger partial charge in [-0.05, 0) is 12.1 Å². The van der Waals surface area contributed by atoms with Crippen LogP contribution in [0.4, 0.5) is 0 Å². The molecule has 1 rings (SSSR count). The van der Waals surface area contributed by atoms with Crippen LogP contribution in [-0.4, -0.2) is 23.0 Å². The highest BCUT2D eigenvalue weighted by atomic mass is 17.2. The Morgan fingerprint density at radius 1 is 1.00 bits per heavy atom. The summed E-state index contributed by atoms with van der Waals surface area (Å²) in [6.07, 6.45) is -0.723. The summed E-state index contributed by atoms with van der Waals surface area (Å²) in [5, 5.41) is 8.30. The first-order chi connectivity index (χ1) is 8.09. The molecule has 0 spiro atoms. The Kier molecular flexibility index (Phi) is 4.68. The second-order valence-electron chi connectivity index (χ2n) is 3.09. The molecule has 6 nitrogen and oxygen atoms in total. The van der Waals surface area contributed by atoms with E-state index >= 15 is 0 Å². The van der Waals surface area contributed by atoms with Crippen LogP contribution in [0.5, 0.6) is 0 Å². The molecule has 0 bridgehead atoms. The van der Waals surface area contributed by atoms with Gasteiger partial charge in [-0.3, -0.25) is 4.79 Å². The normalized spacial score (nSPS) is 9.41. The third-order valence-corrected chi connectivity index (χ3v) is 1.76. The molecule has 0 saturated heterocycles. The lowest BCUT2D eigenvalue weighted by Gasteiger charge is -2.01.